The second-order valence-electron chi connectivity index (χ2n) is 4.60. The number of benzene rings is 1. The van der Waals surface area contributed by atoms with Crippen molar-refractivity contribution in [3.05, 3.63) is 37.4 Å². The molecule has 96 valence electrons. The van der Waals surface area contributed by atoms with Crippen LogP contribution < -0.4 is 5.32 Å². The summed E-state index contributed by atoms with van der Waals surface area (Å²) < 4.78 is 0.722. The highest BCUT2D eigenvalue weighted by atomic mass is 127. The predicted octanol–water partition coefficient (Wildman–Crippen LogP) is 2.59. The van der Waals surface area contributed by atoms with Gasteiger partial charge in [0.2, 0.25) is 0 Å². The molecule has 0 heterocycles. The van der Waals surface area contributed by atoms with Crippen molar-refractivity contribution in [2.24, 2.45) is 11.8 Å². The van der Waals surface area contributed by atoms with Crippen molar-refractivity contribution in [2.45, 2.75) is 13.3 Å². The number of non-ortho nitro benzene ring substituents is 1. The van der Waals surface area contributed by atoms with Gasteiger partial charge in [0.15, 0.2) is 0 Å². The fourth-order valence-corrected chi connectivity index (χ4v) is 2.38. The van der Waals surface area contributed by atoms with Crippen LogP contribution in [-0.2, 0) is 0 Å². The molecule has 1 saturated carbocycles. The largest absolute Gasteiger partial charge is 0.352 e. The van der Waals surface area contributed by atoms with E-state index in [9.17, 15) is 14.9 Å². The molecular formula is C12H13IN2O3. The van der Waals surface area contributed by atoms with E-state index in [-0.39, 0.29) is 11.6 Å². The maximum absolute atomic E-state index is 11.9. The van der Waals surface area contributed by atoms with Crippen LogP contribution >= 0.6 is 22.6 Å². The van der Waals surface area contributed by atoms with Crippen LogP contribution in [0.15, 0.2) is 18.2 Å². The molecule has 1 aromatic rings. The molecule has 0 saturated heterocycles. The Kier molecular flexibility index (Phi) is 3.84. The number of amides is 1. The number of halogens is 1. The normalized spacial score (nSPS) is 21.4. The third-order valence-electron chi connectivity index (χ3n) is 3.21. The summed E-state index contributed by atoms with van der Waals surface area (Å²) in [5, 5.41) is 13.5. The first-order valence-corrected chi connectivity index (χ1v) is 6.79. The number of carbonyl (C=O) groups is 1. The minimum absolute atomic E-state index is 0.0552. The second kappa shape index (κ2) is 5.21. The van der Waals surface area contributed by atoms with Crippen molar-refractivity contribution in [1.82, 2.24) is 5.32 Å². The molecule has 1 amide bonds. The number of nitro benzene ring substituents is 1. The highest BCUT2D eigenvalue weighted by molar-refractivity contribution is 14.1. The Morgan fingerprint density at radius 3 is 2.83 bits per heavy atom. The van der Waals surface area contributed by atoms with Gasteiger partial charge in [-0.25, -0.2) is 0 Å². The molecule has 0 aromatic heterocycles. The average Bonchev–Trinajstić information content (AvgIpc) is 3.02. The van der Waals surface area contributed by atoms with Crippen molar-refractivity contribution in [3.63, 3.8) is 0 Å². The van der Waals surface area contributed by atoms with Crippen molar-refractivity contribution in [1.29, 1.82) is 0 Å². The molecule has 0 bridgehead atoms. The van der Waals surface area contributed by atoms with E-state index in [1.54, 1.807) is 6.07 Å². The lowest BCUT2D eigenvalue weighted by molar-refractivity contribution is -0.384. The lowest BCUT2D eigenvalue weighted by atomic mass is 10.2. The van der Waals surface area contributed by atoms with Gasteiger partial charge in [0.05, 0.1) is 10.5 Å². The Morgan fingerprint density at radius 2 is 2.28 bits per heavy atom. The average molecular weight is 360 g/mol. The number of nitrogens with zero attached hydrogens (tertiary/aromatic N) is 1. The number of carbonyl (C=O) groups excluding carboxylic acids is 1. The van der Waals surface area contributed by atoms with Crippen LogP contribution in [-0.4, -0.2) is 17.4 Å². The summed E-state index contributed by atoms with van der Waals surface area (Å²) in [5.41, 5.74) is 0.318. The Balaban J connectivity index is 2.08. The Morgan fingerprint density at radius 1 is 1.61 bits per heavy atom. The SMILES string of the molecule is CC1CC1CNC(=O)c1cc([N+](=O)[O-])ccc1I. The molecule has 2 rings (SSSR count). The summed E-state index contributed by atoms with van der Waals surface area (Å²) in [6, 6.07) is 4.32. The summed E-state index contributed by atoms with van der Waals surface area (Å²) in [7, 11) is 0. The van der Waals surface area contributed by atoms with Crippen molar-refractivity contribution < 1.29 is 9.72 Å². The van der Waals surface area contributed by atoms with E-state index in [1.165, 1.54) is 12.1 Å². The molecule has 0 radical (unpaired) electrons. The first-order chi connectivity index (χ1) is 8.49. The van der Waals surface area contributed by atoms with Gasteiger partial charge >= 0.3 is 0 Å². The summed E-state index contributed by atoms with van der Waals surface area (Å²) in [5.74, 6) is 1.00. The van der Waals surface area contributed by atoms with E-state index in [2.05, 4.69) is 12.2 Å². The van der Waals surface area contributed by atoms with Crippen LogP contribution in [0, 0.1) is 25.5 Å². The molecule has 2 atom stereocenters. The molecule has 1 N–H and O–H groups in total. The third kappa shape index (κ3) is 2.98. The minimum atomic E-state index is -0.490. The maximum Gasteiger partial charge on any atom is 0.270 e. The molecule has 6 heteroatoms. The third-order valence-corrected chi connectivity index (χ3v) is 4.15. The van der Waals surface area contributed by atoms with Crippen molar-refractivity contribution in [2.75, 3.05) is 6.54 Å². The first-order valence-electron chi connectivity index (χ1n) is 5.71. The van der Waals surface area contributed by atoms with E-state index in [0.29, 0.717) is 23.9 Å². The lowest BCUT2D eigenvalue weighted by Crippen LogP contribution is -2.26. The Bertz CT molecular complexity index is 504. The molecule has 5 nitrogen and oxygen atoms in total. The first kappa shape index (κ1) is 13.3. The van der Waals surface area contributed by atoms with E-state index < -0.39 is 4.92 Å². The number of nitro groups is 1. The van der Waals surface area contributed by atoms with Gasteiger partial charge in [-0.2, -0.15) is 0 Å². The topological polar surface area (TPSA) is 72.2 Å². The van der Waals surface area contributed by atoms with Gasteiger partial charge in [-0.05, 0) is 46.9 Å². The van der Waals surface area contributed by atoms with Gasteiger partial charge in [-0.1, -0.05) is 6.92 Å². The van der Waals surface area contributed by atoms with Crippen LogP contribution in [0.5, 0.6) is 0 Å². The molecule has 1 aromatic carbocycles. The molecule has 2 unspecified atom stereocenters. The zero-order valence-corrected chi connectivity index (χ0v) is 12.0. The van der Waals surface area contributed by atoms with Gasteiger partial charge < -0.3 is 5.32 Å². The van der Waals surface area contributed by atoms with Gasteiger partial charge in [0, 0.05) is 22.2 Å². The molecule has 18 heavy (non-hydrogen) atoms. The fraction of sp³-hybridized carbons (Fsp3) is 0.417. The van der Waals surface area contributed by atoms with Crippen LogP contribution in [0.25, 0.3) is 0 Å². The minimum Gasteiger partial charge on any atom is -0.352 e. The Hall–Kier alpha value is -1.18. The summed E-state index contributed by atoms with van der Waals surface area (Å²) >= 11 is 2.01. The number of rotatable bonds is 4. The number of nitrogens with one attached hydrogen (secondary N) is 1. The van der Waals surface area contributed by atoms with E-state index >= 15 is 0 Å². The van der Waals surface area contributed by atoms with Gasteiger partial charge in [0.25, 0.3) is 11.6 Å². The highest BCUT2D eigenvalue weighted by Crippen LogP contribution is 2.36. The molecular weight excluding hydrogens is 347 g/mol. The standard InChI is InChI=1S/C12H13IN2O3/c1-7-4-8(7)6-14-12(16)10-5-9(15(17)18)2-3-11(10)13/h2-3,5,7-8H,4,6H2,1H3,(H,14,16). The number of hydrogen-bond acceptors (Lipinski definition) is 3. The van der Waals surface area contributed by atoms with Gasteiger partial charge in [0.1, 0.15) is 0 Å². The van der Waals surface area contributed by atoms with E-state index in [4.69, 9.17) is 0 Å². The summed E-state index contributed by atoms with van der Waals surface area (Å²) in [6.45, 7) is 2.80. The van der Waals surface area contributed by atoms with Gasteiger partial charge in [-0.15, -0.1) is 0 Å². The molecule has 0 spiro atoms. The van der Waals surface area contributed by atoms with Crippen LogP contribution in [0.4, 0.5) is 5.69 Å². The van der Waals surface area contributed by atoms with Crippen LogP contribution in [0.3, 0.4) is 0 Å². The highest BCUT2D eigenvalue weighted by Gasteiger charge is 2.32. The Labute approximate surface area is 118 Å². The van der Waals surface area contributed by atoms with Gasteiger partial charge in [-0.3, -0.25) is 14.9 Å². The monoisotopic (exact) mass is 360 g/mol. The predicted molar refractivity (Wildman–Crippen MR) is 75.4 cm³/mol. The molecule has 1 aliphatic rings. The number of hydrogen-bond donors (Lipinski definition) is 1. The van der Waals surface area contributed by atoms with E-state index in [1.807, 2.05) is 22.6 Å². The zero-order chi connectivity index (χ0) is 13.3. The molecule has 1 aliphatic carbocycles. The summed E-state index contributed by atoms with van der Waals surface area (Å²) in [6.07, 6.45) is 1.15. The van der Waals surface area contributed by atoms with Crippen molar-refractivity contribution >= 4 is 34.2 Å². The van der Waals surface area contributed by atoms with E-state index in [0.717, 1.165) is 9.99 Å². The maximum atomic E-state index is 11.9. The quantitative estimate of drug-likeness (QED) is 0.510. The molecule has 1 fully saturated rings. The van der Waals surface area contributed by atoms with Crippen LogP contribution in [0.1, 0.15) is 23.7 Å². The lowest BCUT2D eigenvalue weighted by Gasteiger charge is -2.06. The smallest absolute Gasteiger partial charge is 0.270 e. The zero-order valence-electron chi connectivity index (χ0n) is 9.85. The second-order valence-corrected chi connectivity index (χ2v) is 5.77. The summed E-state index contributed by atoms with van der Waals surface area (Å²) in [4.78, 5) is 22.1. The molecule has 0 aliphatic heterocycles. The fourth-order valence-electron chi connectivity index (χ4n) is 1.80. The van der Waals surface area contributed by atoms with Crippen molar-refractivity contribution in [3.8, 4) is 0 Å². The van der Waals surface area contributed by atoms with Crippen LogP contribution in [0.2, 0.25) is 0 Å².